The van der Waals surface area contributed by atoms with Crippen LogP contribution in [0.3, 0.4) is 0 Å². The molecule has 0 N–H and O–H groups in total. The molecule has 0 rings (SSSR count). The minimum atomic E-state index is 0. The summed E-state index contributed by atoms with van der Waals surface area (Å²) < 4.78 is 8.36. The van der Waals surface area contributed by atoms with Crippen LogP contribution in [-0.2, 0) is 24.3 Å². The maximum absolute atomic E-state index is 8.36. The van der Waals surface area contributed by atoms with E-state index in [-0.39, 0.29) is 96.7 Å². The van der Waals surface area contributed by atoms with Gasteiger partial charge in [-0.15, -0.1) is 0 Å². The zero-order valence-electron chi connectivity index (χ0n) is 4.27. The molecule has 0 aliphatic heterocycles. The minimum absolute atomic E-state index is 0. The first-order valence-corrected chi connectivity index (χ1v) is 1.49. The Bertz CT molecular complexity index is 13.5. The fourth-order valence-corrected chi connectivity index (χ4v) is 0. The molecule has 0 spiro atoms. The van der Waals surface area contributed by atoms with E-state index in [4.69, 9.17) is 3.25 Å². The van der Waals surface area contributed by atoms with Crippen LogP contribution in [0.25, 0.3) is 0 Å². The van der Waals surface area contributed by atoms with Gasteiger partial charge in [-0.1, -0.05) is 0 Å². The third kappa shape index (κ3) is 8.87. The van der Waals surface area contributed by atoms with Crippen LogP contribution in [0.1, 0.15) is 2.85 Å². The number of hydrogen-bond acceptors (Lipinski definition) is 1. The standard InChI is InChI=1S/O.Pb.Sr.Ta.4H/q;;+2;;;;2*-1. The Morgan fingerprint density at radius 1 is 1.50 bits per heavy atom. The summed E-state index contributed by atoms with van der Waals surface area (Å²) in [6.45, 7) is 0. The predicted molar refractivity (Wildman–Crippen MR) is 17.2 cm³/mol. The van der Waals surface area contributed by atoms with Crippen LogP contribution in [0, 0.1) is 0 Å². The van der Waals surface area contributed by atoms with Gasteiger partial charge in [0.2, 0.25) is 0 Å². The normalized spacial score (nSPS) is 0.750. The smallest absolute Gasteiger partial charge is 2.00 e. The van der Waals surface area contributed by atoms with Crippen LogP contribution in [0.5, 0.6) is 0 Å². The van der Waals surface area contributed by atoms with E-state index in [1.54, 1.807) is 0 Å². The van der Waals surface area contributed by atoms with E-state index in [1.807, 2.05) is 0 Å². The van der Waals surface area contributed by atoms with Crippen molar-refractivity contribution in [2.45, 2.75) is 0 Å². The van der Waals surface area contributed by atoms with Crippen LogP contribution in [0.4, 0.5) is 0 Å². The molecule has 0 aromatic heterocycles. The predicted octanol–water partition coefficient (Wildman–Crippen LogP) is -1.19. The minimum Gasteiger partial charge on any atom is 2.00 e. The van der Waals surface area contributed by atoms with Crippen LogP contribution in [0.2, 0.25) is 0 Å². The van der Waals surface area contributed by atoms with Crippen molar-refractivity contribution in [3.63, 3.8) is 0 Å². The Morgan fingerprint density at radius 2 is 1.50 bits per heavy atom. The second-order valence-electron chi connectivity index (χ2n) is 0. The zero-order valence-corrected chi connectivity index (χ0v) is 14.5. The van der Waals surface area contributed by atoms with Gasteiger partial charge in [0.05, 0.1) is 0 Å². The van der Waals surface area contributed by atoms with Crippen molar-refractivity contribution in [1.82, 2.24) is 0 Å². The van der Waals surface area contributed by atoms with Gasteiger partial charge in [-0.2, -0.15) is 0 Å². The van der Waals surface area contributed by atoms with Gasteiger partial charge in [0.15, 0.2) is 0 Å². The molecule has 1 nitrogen and oxygen atoms in total. The van der Waals surface area contributed by atoms with Gasteiger partial charge in [-0.25, -0.2) is 0 Å². The summed E-state index contributed by atoms with van der Waals surface area (Å²) in [6, 6.07) is 0. The topological polar surface area (TPSA) is 17.1 Å². The van der Waals surface area contributed by atoms with Gasteiger partial charge in [-0.3, -0.25) is 0 Å². The third-order valence-electron chi connectivity index (χ3n) is 0. The first-order valence-electron chi connectivity index (χ1n) is 0.183. The van der Waals surface area contributed by atoms with Gasteiger partial charge >= 0.3 is 97.1 Å². The molecule has 0 aliphatic carbocycles. The number of rotatable bonds is 0. The van der Waals surface area contributed by atoms with E-state index < -0.39 is 0 Å². The molecule has 4 heteroatoms. The maximum Gasteiger partial charge on any atom is 2.00 e. The Balaban J connectivity index is -0.000000000833. The average Bonchev–Trinajstić information content (AvgIpc) is 1.00. The fraction of sp³-hybridized carbons (Fsp3) is 0. The monoisotopic (exact) mass is 497 g/mol. The molecule has 0 aromatic carbocycles. The fourth-order valence-electron chi connectivity index (χ4n) is 0. The van der Waals surface area contributed by atoms with E-state index in [0.29, 0.717) is 0 Å². The third-order valence-corrected chi connectivity index (χ3v) is 0. The van der Waals surface area contributed by atoms with E-state index in [9.17, 15) is 0 Å². The molecule has 0 aliphatic rings. The molecule has 2 radical (unpaired) electrons. The molecule has 0 unspecified atom stereocenters. The first-order chi connectivity index (χ1) is 1.00. The van der Waals surface area contributed by atoms with Crippen molar-refractivity contribution in [3.05, 3.63) is 0 Å². The van der Waals surface area contributed by atoms with Gasteiger partial charge in [-0.05, 0) is 0 Å². The Morgan fingerprint density at radius 3 is 1.50 bits per heavy atom. The van der Waals surface area contributed by atoms with Crippen LogP contribution < -0.4 is 0 Å². The average molecular weight is 496 g/mol. The maximum atomic E-state index is 8.36. The number of hydrogen-bond donors (Lipinski definition) is 0. The molecule has 0 saturated heterocycles. The largest absolute Gasteiger partial charge is 2.00 e. The van der Waals surface area contributed by atoms with Crippen molar-refractivity contribution in [1.29, 1.82) is 0 Å². The summed E-state index contributed by atoms with van der Waals surface area (Å²) >= 11 is 0.194. The molecule has 0 saturated carbocycles. The molecular weight excluding hydrogens is 492 g/mol. The molecule has 0 atom stereocenters. The summed E-state index contributed by atoms with van der Waals surface area (Å²) in [6.07, 6.45) is 0. The van der Waals surface area contributed by atoms with Gasteiger partial charge < -0.3 is 2.85 Å². The molecule has 0 fully saturated rings. The van der Waals surface area contributed by atoms with Crippen molar-refractivity contribution in [2.75, 3.05) is 0 Å². The Hall–Kier alpha value is 2.94. The van der Waals surface area contributed by atoms with Crippen molar-refractivity contribution in [3.8, 4) is 0 Å². The van der Waals surface area contributed by atoms with Gasteiger partial charge in [0.25, 0.3) is 0 Å². The zero-order chi connectivity index (χ0) is 2.00. The van der Waals surface area contributed by atoms with Crippen molar-refractivity contribution < 1.29 is 27.1 Å². The summed E-state index contributed by atoms with van der Waals surface area (Å²) in [5, 5.41) is 0. The quantitative estimate of drug-likeness (QED) is 0.386. The SMILES string of the molecule is [H-].[H-].[O]=[Ta].[PbH2].[Sr+2]. The Labute approximate surface area is 97.6 Å². The second kappa shape index (κ2) is 16.8. The van der Waals surface area contributed by atoms with Crippen molar-refractivity contribution in [2.24, 2.45) is 0 Å². The van der Waals surface area contributed by atoms with E-state index >= 15 is 0 Å². The summed E-state index contributed by atoms with van der Waals surface area (Å²) in [5.41, 5.74) is 0. The van der Waals surface area contributed by atoms with E-state index in [2.05, 4.69) is 0 Å². The molecule has 21 valence electrons. The van der Waals surface area contributed by atoms with E-state index in [1.165, 1.54) is 0 Å². The Kier molecular flexibility index (Phi) is 66.1. The summed E-state index contributed by atoms with van der Waals surface area (Å²) in [7, 11) is 0. The van der Waals surface area contributed by atoms with Crippen LogP contribution in [0.15, 0.2) is 0 Å². The molecule has 0 amide bonds. The van der Waals surface area contributed by atoms with Crippen LogP contribution in [-0.4, -0.2) is 72.8 Å². The summed E-state index contributed by atoms with van der Waals surface area (Å²) in [5.74, 6) is 0. The van der Waals surface area contributed by atoms with Crippen LogP contribution >= 0.6 is 0 Å². The van der Waals surface area contributed by atoms with Gasteiger partial charge in [0.1, 0.15) is 0 Å². The van der Waals surface area contributed by atoms with Crippen molar-refractivity contribution >= 4 is 72.8 Å². The molecule has 4 heavy (non-hydrogen) atoms. The molecule has 0 heterocycles. The second-order valence-corrected chi connectivity index (χ2v) is 0. The van der Waals surface area contributed by atoms with Gasteiger partial charge in [0, 0.05) is 0 Å². The molecule has 0 bridgehead atoms. The van der Waals surface area contributed by atoms with E-state index in [0.717, 1.165) is 0 Å². The summed E-state index contributed by atoms with van der Waals surface area (Å²) in [4.78, 5) is 0. The molecule has 0 aromatic rings. The molecular formula is H4OPbSrTa. The first kappa shape index (κ1) is 15.8.